The van der Waals surface area contributed by atoms with Gasteiger partial charge in [-0.25, -0.2) is 0 Å². The van der Waals surface area contributed by atoms with Crippen molar-refractivity contribution in [3.63, 3.8) is 0 Å². The second-order valence-corrected chi connectivity index (χ2v) is 3.56. The van der Waals surface area contributed by atoms with Crippen molar-refractivity contribution in [1.82, 2.24) is 4.90 Å². The van der Waals surface area contributed by atoms with Gasteiger partial charge >= 0.3 is 0 Å². The van der Waals surface area contributed by atoms with Gasteiger partial charge in [0.05, 0.1) is 0 Å². The lowest BCUT2D eigenvalue weighted by atomic mass is 9.94. The quantitative estimate of drug-likeness (QED) is 0.578. The second kappa shape index (κ2) is 5.15. The van der Waals surface area contributed by atoms with Crippen LogP contribution in [-0.2, 0) is 0 Å². The summed E-state index contributed by atoms with van der Waals surface area (Å²) in [6.45, 7) is 11.1. The fourth-order valence-electron chi connectivity index (χ4n) is 1.82. The van der Waals surface area contributed by atoms with Gasteiger partial charge < -0.3 is 0 Å². The summed E-state index contributed by atoms with van der Waals surface area (Å²) in [6, 6.07) is 0. The molecule has 0 aliphatic carbocycles. The molecular formula is C11H19N. The van der Waals surface area contributed by atoms with Crippen LogP contribution in [0, 0.1) is 5.92 Å². The molecule has 0 saturated carbocycles. The number of rotatable bonds is 4. The monoisotopic (exact) mass is 165 g/mol. The summed E-state index contributed by atoms with van der Waals surface area (Å²) < 4.78 is 0. The summed E-state index contributed by atoms with van der Waals surface area (Å²) in [6.07, 6.45) is 7.91. The van der Waals surface area contributed by atoms with E-state index in [9.17, 15) is 0 Å². The molecule has 0 bridgehead atoms. The van der Waals surface area contributed by atoms with E-state index < -0.39 is 0 Å². The third kappa shape index (κ3) is 2.82. The molecule has 1 heteroatoms. The van der Waals surface area contributed by atoms with E-state index in [0.717, 1.165) is 12.5 Å². The SMILES string of the molecule is C=CCC1CCN(CC=C)CC1. The predicted molar refractivity (Wildman–Crippen MR) is 54.2 cm³/mol. The van der Waals surface area contributed by atoms with Crippen LogP contribution in [0.2, 0.25) is 0 Å². The van der Waals surface area contributed by atoms with E-state index in [2.05, 4.69) is 18.1 Å². The Morgan fingerprint density at radius 1 is 1.17 bits per heavy atom. The third-order valence-electron chi connectivity index (χ3n) is 2.59. The first-order chi connectivity index (χ1) is 5.86. The minimum absolute atomic E-state index is 0.892. The molecule has 0 radical (unpaired) electrons. The molecule has 0 spiro atoms. The lowest BCUT2D eigenvalue weighted by Gasteiger charge is -2.30. The van der Waals surface area contributed by atoms with E-state index >= 15 is 0 Å². The van der Waals surface area contributed by atoms with Crippen LogP contribution >= 0.6 is 0 Å². The first-order valence-corrected chi connectivity index (χ1v) is 4.81. The maximum Gasteiger partial charge on any atom is 0.0160 e. The Bertz CT molecular complexity index is 125. The van der Waals surface area contributed by atoms with Crippen LogP contribution in [0.5, 0.6) is 0 Å². The summed E-state index contributed by atoms with van der Waals surface area (Å²) >= 11 is 0. The van der Waals surface area contributed by atoms with Crippen molar-refractivity contribution in [2.45, 2.75) is 19.3 Å². The van der Waals surface area contributed by atoms with Crippen LogP contribution in [0.15, 0.2) is 25.3 Å². The van der Waals surface area contributed by atoms with Crippen molar-refractivity contribution in [1.29, 1.82) is 0 Å². The van der Waals surface area contributed by atoms with Crippen LogP contribution in [0.4, 0.5) is 0 Å². The molecule has 1 fully saturated rings. The highest BCUT2D eigenvalue weighted by atomic mass is 15.1. The van der Waals surface area contributed by atoms with Gasteiger partial charge in [0, 0.05) is 6.54 Å². The van der Waals surface area contributed by atoms with Crippen molar-refractivity contribution in [2.24, 2.45) is 5.92 Å². The van der Waals surface area contributed by atoms with E-state index in [-0.39, 0.29) is 0 Å². The van der Waals surface area contributed by atoms with Crippen molar-refractivity contribution in [2.75, 3.05) is 19.6 Å². The summed E-state index contributed by atoms with van der Waals surface area (Å²) in [5.74, 6) is 0.892. The van der Waals surface area contributed by atoms with E-state index in [4.69, 9.17) is 0 Å². The molecule has 0 aromatic carbocycles. The standard InChI is InChI=1S/C11H19N/c1-3-5-11-6-9-12(8-4-2)10-7-11/h3-4,11H,1-2,5-10H2. The van der Waals surface area contributed by atoms with Gasteiger partial charge in [-0.3, -0.25) is 4.90 Å². The van der Waals surface area contributed by atoms with Crippen LogP contribution in [-0.4, -0.2) is 24.5 Å². The number of piperidine rings is 1. The zero-order valence-electron chi connectivity index (χ0n) is 7.84. The Labute approximate surface area is 75.8 Å². The maximum absolute atomic E-state index is 3.78. The summed E-state index contributed by atoms with van der Waals surface area (Å²) in [4.78, 5) is 2.46. The van der Waals surface area contributed by atoms with Gasteiger partial charge in [0.2, 0.25) is 0 Å². The average molecular weight is 165 g/mol. The third-order valence-corrected chi connectivity index (χ3v) is 2.59. The Hall–Kier alpha value is -0.560. The molecule has 0 unspecified atom stereocenters. The molecule has 0 aromatic heterocycles. The fraction of sp³-hybridized carbons (Fsp3) is 0.636. The van der Waals surface area contributed by atoms with Crippen LogP contribution in [0.1, 0.15) is 19.3 Å². The zero-order valence-corrected chi connectivity index (χ0v) is 7.84. The molecule has 0 N–H and O–H groups in total. The average Bonchev–Trinajstić information content (AvgIpc) is 2.09. The smallest absolute Gasteiger partial charge is 0.0160 e. The molecule has 68 valence electrons. The fourth-order valence-corrected chi connectivity index (χ4v) is 1.82. The van der Waals surface area contributed by atoms with E-state index in [1.54, 1.807) is 0 Å². The van der Waals surface area contributed by atoms with Gasteiger partial charge in [0.1, 0.15) is 0 Å². The first kappa shape index (κ1) is 9.53. The summed E-state index contributed by atoms with van der Waals surface area (Å²) in [7, 11) is 0. The van der Waals surface area contributed by atoms with Gasteiger partial charge in [0.15, 0.2) is 0 Å². The molecule has 0 amide bonds. The lowest BCUT2D eigenvalue weighted by Crippen LogP contribution is -2.33. The summed E-state index contributed by atoms with van der Waals surface area (Å²) in [5.41, 5.74) is 0. The zero-order chi connectivity index (χ0) is 8.81. The lowest BCUT2D eigenvalue weighted by molar-refractivity contribution is 0.202. The minimum atomic E-state index is 0.892. The van der Waals surface area contributed by atoms with Gasteiger partial charge in [-0.05, 0) is 38.3 Å². The first-order valence-electron chi connectivity index (χ1n) is 4.81. The minimum Gasteiger partial charge on any atom is -0.300 e. The van der Waals surface area contributed by atoms with Crippen molar-refractivity contribution in [3.8, 4) is 0 Å². The molecule has 1 aliphatic heterocycles. The number of likely N-dealkylation sites (tertiary alicyclic amines) is 1. The maximum atomic E-state index is 3.78. The number of hydrogen-bond donors (Lipinski definition) is 0. The predicted octanol–water partition coefficient (Wildman–Crippen LogP) is 2.46. The highest BCUT2D eigenvalue weighted by Gasteiger charge is 2.16. The Morgan fingerprint density at radius 2 is 1.83 bits per heavy atom. The summed E-state index contributed by atoms with van der Waals surface area (Å²) in [5, 5.41) is 0. The molecule has 1 nitrogen and oxygen atoms in total. The Kier molecular flexibility index (Phi) is 4.09. The molecule has 0 atom stereocenters. The topological polar surface area (TPSA) is 3.24 Å². The van der Waals surface area contributed by atoms with Gasteiger partial charge in [-0.1, -0.05) is 12.2 Å². The molecule has 0 aromatic rings. The van der Waals surface area contributed by atoms with E-state index in [1.807, 2.05) is 12.2 Å². The van der Waals surface area contributed by atoms with Gasteiger partial charge in [0.25, 0.3) is 0 Å². The van der Waals surface area contributed by atoms with Crippen molar-refractivity contribution in [3.05, 3.63) is 25.3 Å². The van der Waals surface area contributed by atoms with Crippen LogP contribution in [0.25, 0.3) is 0 Å². The molecular weight excluding hydrogens is 146 g/mol. The molecule has 1 rings (SSSR count). The molecule has 1 aliphatic rings. The highest BCUT2D eigenvalue weighted by Crippen LogP contribution is 2.20. The van der Waals surface area contributed by atoms with E-state index in [0.29, 0.717) is 0 Å². The Balaban J connectivity index is 2.19. The molecule has 1 heterocycles. The van der Waals surface area contributed by atoms with Crippen LogP contribution in [0.3, 0.4) is 0 Å². The van der Waals surface area contributed by atoms with E-state index in [1.165, 1.54) is 32.4 Å². The normalized spacial score (nSPS) is 20.7. The van der Waals surface area contributed by atoms with Crippen LogP contribution < -0.4 is 0 Å². The number of hydrogen-bond acceptors (Lipinski definition) is 1. The van der Waals surface area contributed by atoms with Gasteiger partial charge in [-0.2, -0.15) is 0 Å². The highest BCUT2D eigenvalue weighted by molar-refractivity contribution is 4.81. The van der Waals surface area contributed by atoms with Crippen molar-refractivity contribution >= 4 is 0 Å². The molecule has 1 saturated heterocycles. The number of allylic oxidation sites excluding steroid dienone is 1. The van der Waals surface area contributed by atoms with Crippen molar-refractivity contribution < 1.29 is 0 Å². The second-order valence-electron chi connectivity index (χ2n) is 3.56. The largest absolute Gasteiger partial charge is 0.300 e. The van der Waals surface area contributed by atoms with Gasteiger partial charge in [-0.15, -0.1) is 13.2 Å². The Morgan fingerprint density at radius 3 is 2.33 bits per heavy atom. The number of nitrogens with zero attached hydrogens (tertiary/aromatic N) is 1. The molecule has 12 heavy (non-hydrogen) atoms.